The number of halogens is 1. The van der Waals surface area contributed by atoms with Crippen LogP contribution in [0, 0.1) is 6.92 Å². The Labute approximate surface area is 149 Å². The molecule has 0 radical (unpaired) electrons. The van der Waals surface area contributed by atoms with Gasteiger partial charge in [0.05, 0.1) is 10.7 Å². The Morgan fingerprint density at radius 1 is 1.24 bits per heavy atom. The molecule has 25 heavy (non-hydrogen) atoms. The van der Waals surface area contributed by atoms with Crippen molar-refractivity contribution in [1.29, 1.82) is 0 Å². The number of aryl methyl sites for hydroxylation is 1. The molecular weight excluding hydrogens is 342 g/mol. The molecule has 1 amide bonds. The predicted molar refractivity (Wildman–Crippen MR) is 93.4 cm³/mol. The third-order valence-corrected chi connectivity index (χ3v) is 3.60. The maximum Gasteiger partial charge on any atom is 0.248 e. The summed E-state index contributed by atoms with van der Waals surface area (Å²) in [5.74, 6) is 0.814. The van der Waals surface area contributed by atoms with E-state index in [1.54, 1.807) is 12.1 Å². The monoisotopic (exact) mass is 357 g/mol. The number of nitrogens with zero attached hydrogens (tertiary/aromatic N) is 4. The number of hydrogen-bond acceptors (Lipinski definition) is 5. The second-order valence-electron chi connectivity index (χ2n) is 5.37. The second-order valence-corrected chi connectivity index (χ2v) is 5.78. The Morgan fingerprint density at radius 2 is 2.04 bits per heavy atom. The number of amides is 1. The SMILES string of the molecule is Cc1ccc(NC(=O)Cn2nnc(COc3ccccc3)n2)c(Cl)c1. The molecule has 0 aliphatic rings. The molecule has 0 unspecified atom stereocenters. The fourth-order valence-corrected chi connectivity index (χ4v) is 2.39. The van der Waals surface area contributed by atoms with Crippen molar-refractivity contribution >= 4 is 23.2 Å². The number of benzene rings is 2. The van der Waals surface area contributed by atoms with Crippen LogP contribution in [-0.2, 0) is 17.9 Å². The van der Waals surface area contributed by atoms with Crippen LogP contribution in [0.25, 0.3) is 0 Å². The molecule has 0 fully saturated rings. The molecule has 1 N–H and O–H groups in total. The minimum Gasteiger partial charge on any atom is -0.485 e. The van der Waals surface area contributed by atoms with Crippen molar-refractivity contribution in [2.45, 2.75) is 20.1 Å². The third kappa shape index (κ3) is 4.77. The number of ether oxygens (including phenoxy) is 1. The van der Waals surface area contributed by atoms with Gasteiger partial charge in [-0.25, -0.2) is 0 Å². The molecular formula is C17H16ClN5O2. The van der Waals surface area contributed by atoms with Gasteiger partial charge in [-0.1, -0.05) is 35.9 Å². The van der Waals surface area contributed by atoms with Crippen molar-refractivity contribution in [3.63, 3.8) is 0 Å². The van der Waals surface area contributed by atoms with Gasteiger partial charge in [-0.3, -0.25) is 4.79 Å². The molecule has 0 atom stereocenters. The van der Waals surface area contributed by atoms with Gasteiger partial charge in [-0.05, 0) is 42.0 Å². The first-order chi connectivity index (χ1) is 12.1. The number of hydrogen-bond donors (Lipinski definition) is 1. The number of anilines is 1. The van der Waals surface area contributed by atoms with Crippen LogP contribution in [0.4, 0.5) is 5.69 Å². The molecule has 1 aromatic heterocycles. The maximum absolute atomic E-state index is 12.1. The zero-order valence-electron chi connectivity index (χ0n) is 13.5. The van der Waals surface area contributed by atoms with Gasteiger partial charge in [-0.15, -0.1) is 10.2 Å². The predicted octanol–water partition coefficient (Wildman–Crippen LogP) is 2.85. The number of carbonyl (C=O) groups is 1. The lowest BCUT2D eigenvalue weighted by atomic mass is 10.2. The maximum atomic E-state index is 12.1. The molecule has 128 valence electrons. The van der Waals surface area contributed by atoms with E-state index in [4.69, 9.17) is 16.3 Å². The number of carbonyl (C=O) groups excluding carboxylic acids is 1. The smallest absolute Gasteiger partial charge is 0.248 e. The first kappa shape index (κ1) is 16.9. The van der Waals surface area contributed by atoms with Gasteiger partial charge in [-0.2, -0.15) is 4.80 Å². The highest BCUT2D eigenvalue weighted by Crippen LogP contribution is 2.22. The lowest BCUT2D eigenvalue weighted by molar-refractivity contribution is -0.117. The van der Waals surface area contributed by atoms with Crippen molar-refractivity contribution in [1.82, 2.24) is 20.2 Å². The molecule has 8 heteroatoms. The first-order valence-corrected chi connectivity index (χ1v) is 7.98. The van der Waals surface area contributed by atoms with Gasteiger partial charge < -0.3 is 10.1 Å². The Morgan fingerprint density at radius 3 is 2.80 bits per heavy atom. The third-order valence-electron chi connectivity index (χ3n) is 3.29. The van der Waals surface area contributed by atoms with E-state index in [1.165, 1.54) is 4.80 Å². The molecule has 0 bridgehead atoms. The van der Waals surface area contributed by atoms with Crippen LogP contribution >= 0.6 is 11.6 Å². The van der Waals surface area contributed by atoms with E-state index >= 15 is 0 Å². The number of para-hydroxylation sites is 1. The van der Waals surface area contributed by atoms with Gasteiger partial charge in [0, 0.05) is 0 Å². The lowest BCUT2D eigenvalue weighted by Crippen LogP contribution is -2.20. The zero-order chi connectivity index (χ0) is 17.6. The van der Waals surface area contributed by atoms with Gasteiger partial charge in [0.25, 0.3) is 0 Å². The number of rotatable bonds is 6. The van der Waals surface area contributed by atoms with E-state index < -0.39 is 0 Å². The van der Waals surface area contributed by atoms with Crippen molar-refractivity contribution < 1.29 is 9.53 Å². The molecule has 0 aliphatic heterocycles. The zero-order valence-corrected chi connectivity index (χ0v) is 14.3. The largest absolute Gasteiger partial charge is 0.485 e. The van der Waals surface area contributed by atoms with E-state index in [0.717, 1.165) is 5.56 Å². The van der Waals surface area contributed by atoms with Gasteiger partial charge >= 0.3 is 0 Å². The van der Waals surface area contributed by atoms with Gasteiger partial charge in [0.15, 0.2) is 6.61 Å². The summed E-state index contributed by atoms with van der Waals surface area (Å²) in [6.45, 7) is 2.04. The molecule has 0 aliphatic carbocycles. The summed E-state index contributed by atoms with van der Waals surface area (Å²) in [6, 6.07) is 14.7. The molecule has 3 aromatic rings. The fraction of sp³-hybridized carbons (Fsp3) is 0.176. The van der Waals surface area contributed by atoms with Crippen LogP contribution < -0.4 is 10.1 Å². The number of aromatic nitrogens is 4. The van der Waals surface area contributed by atoms with Gasteiger partial charge in [0.2, 0.25) is 11.7 Å². The standard InChI is InChI=1S/C17H16ClN5O2/c1-12-7-8-15(14(18)9-12)19-17(24)10-23-21-16(20-22-23)11-25-13-5-3-2-4-6-13/h2-9H,10-11H2,1H3,(H,19,24). The van der Waals surface area contributed by atoms with E-state index in [2.05, 4.69) is 20.7 Å². The molecule has 0 saturated heterocycles. The average Bonchev–Trinajstić information content (AvgIpc) is 3.04. The van der Waals surface area contributed by atoms with E-state index in [-0.39, 0.29) is 19.1 Å². The molecule has 1 heterocycles. The molecule has 0 saturated carbocycles. The molecule has 7 nitrogen and oxygen atoms in total. The van der Waals surface area contributed by atoms with Crippen LogP contribution in [0.1, 0.15) is 11.4 Å². The summed E-state index contributed by atoms with van der Waals surface area (Å²) < 4.78 is 5.54. The van der Waals surface area contributed by atoms with Crippen molar-refractivity contribution in [3.8, 4) is 5.75 Å². The Hall–Kier alpha value is -2.93. The minimum atomic E-state index is -0.293. The Balaban J connectivity index is 1.54. The summed E-state index contributed by atoms with van der Waals surface area (Å²) in [4.78, 5) is 13.3. The van der Waals surface area contributed by atoms with Crippen LogP contribution in [0.5, 0.6) is 5.75 Å². The van der Waals surface area contributed by atoms with Crippen LogP contribution in [0.15, 0.2) is 48.5 Å². The second kappa shape index (κ2) is 7.76. The molecule has 3 rings (SSSR count). The van der Waals surface area contributed by atoms with Crippen LogP contribution in [0.3, 0.4) is 0 Å². The van der Waals surface area contributed by atoms with Crippen molar-refractivity contribution in [2.24, 2.45) is 0 Å². The first-order valence-electron chi connectivity index (χ1n) is 7.61. The Bertz CT molecular complexity index is 866. The summed E-state index contributed by atoms with van der Waals surface area (Å²) >= 11 is 6.10. The van der Waals surface area contributed by atoms with E-state index in [1.807, 2.05) is 43.3 Å². The topological polar surface area (TPSA) is 81.9 Å². The van der Waals surface area contributed by atoms with E-state index in [9.17, 15) is 4.79 Å². The number of tetrazole rings is 1. The van der Waals surface area contributed by atoms with E-state index in [0.29, 0.717) is 22.3 Å². The lowest BCUT2D eigenvalue weighted by Gasteiger charge is -2.07. The summed E-state index contributed by atoms with van der Waals surface area (Å²) in [7, 11) is 0. The highest BCUT2D eigenvalue weighted by atomic mass is 35.5. The average molecular weight is 358 g/mol. The fourth-order valence-electron chi connectivity index (χ4n) is 2.11. The van der Waals surface area contributed by atoms with Crippen LogP contribution in [0.2, 0.25) is 5.02 Å². The van der Waals surface area contributed by atoms with Crippen LogP contribution in [-0.4, -0.2) is 26.1 Å². The molecule has 0 spiro atoms. The summed E-state index contributed by atoms with van der Waals surface area (Å²) in [5, 5.41) is 15.0. The van der Waals surface area contributed by atoms with Gasteiger partial charge in [0.1, 0.15) is 12.3 Å². The quantitative estimate of drug-likeness (QED) is 0.733. The summed E-state index contributed by atoms with van der Waals surface area (Å²) in [6.07, 6.45) is 0. The number of nitrogens with one attached hydrogen (secondary N) is 1. The van der Waals surface area contributed by atoms with Crippen molar-refractivity contribution in [2.75, 3.05) is 5.32 Å². The minimum absolute atomic E-state index is 0.0669. The highest BCUT2D eigenvalue weighted by Gasteiger charge is 2.10. The summed E-state index contributed by atoms with van der Waals surface area (Å²) in [5.41, 5.74) is 1.56. The normalized spacial score (nSPS) is 10.5. The molecule has 2 aromatic carbocycles. The Kier molecular flexibility index (Phi) is 5.25. The highest BCUT2D eigenvalue weighted by molar-refractivity contribution is 6.33. The van der Waals surface area contributed by atoms with Crippen molar-refractivity contribution in [3.05, 3.63) is 64.9 Å².